The summed E-state index contributed by atoms with van der Waals surface area (Å²) in [5.41, 5.74) is 1.31. The van der Waals surface area contributed by atoms with Crippen LogP contribution < -0.4 is 20.1 Å². The molecule has 1 aromatic heterocycles. The molecule has 2 N–H and O–H groups in total. The lowest BCUT2D eigenvalue weighted by Gasteiger charge is -2.11. The molecule has 0 bridgehead atoms. The molecule has 0 aliphatic carbocycles. The largest absolute Gasteiger partial charge is 0.454 e. The van der Waals surface area contributed by atoms with Gasteiger partial charge in [0.2, 0.25) is 6.79 Å². The number of hydrogen-bond acceptors (Lipinski definition) is 7. The van der Waals surface area contributed by atoms with Crippen molar-refractivity contribution in [2.75, 3.05) is 12.1 Å². The number of nitrogens with zero attached hydrogens (tertiary/aromatic N) is 1. The van der Waals surface area contributed by atoms with Crippen LogP contribution in [0.5, 0.6) is 11.5 Å². The zero-order chi connectivity index (χ0) is 22.0. The molecule has 0 unspecified atom stereocenters. The van der Waals surface area contributed by atoms with E-state index in [2.05, 4.69) is 10.6 Å². The molecule has 10 heteroatoms. The molecule has 3 aromatic rings. The number of rotatable bonds is 6. The maximum atomic E-state index is 12.7. The highest BCUT2D eigenvalue weighted by Gasteiger charge is 2.21. The Kier molecular flexibility index (Phi) is 5.54. The van der Waals surface area contributed by atoms with Gasteiger partial charge >= 0.3 is 0 Å². The van der Waals surface area contributed by atoms with Crippen molar-refractivity contribution in [2.24, 2.45) is 0 Å². The lowest BCUT2D eigenvalue weighted by atomic mass is 10.1. The molecule has 9 nitrogen and oxygen atoms in total. The third-order valence-corrected chi connectivity index (χ3v) is 5.66. The van der Waals surface area contributed by atoms with Gasteiger partial charge in [-0.3, -0.25) is 19.7 Å². The molecule has 1 aliphatic rings. The van der Waals surface area contributed by atoms with E-state index < -0.39 is 10.8 Å². The lowest BCUT2D eigenvalue weighted by molar-refractivity contribution is -0.385. The molecule has 1 aliphatic heterocycles. The molecule has 0 atom stereocenters. The first-order valence-corrected chi connectivity index (χ1v) is 10.1. The number of amides is 2. The number of benzene rings is 2. The quantitative estimate of drug-likeness (QED) is 0.444. The number of para-hydroxylation sites is 1. The van der Waals surface area contributed by atoms with Crippen molar-refractivity contribution in [1.29, 1.82) is 0 Å². The van der Waals surface area contributed by atoms with Crippen molar-refractivity contribution in [3.8, 4) is 11.5 Å². The standard InChI is InChI=1S/C21H17N3O6S/c1-12-16(24(27)28)9-19(31-12)21(26)23-15-5-3-2-4-14(15)20(25)22-10-13-6-7-17-18(8-13)30-11-29-17/h2-9H,10-11H2,1H3,(H,22,25)(H,23,26). The maximum Gasteiger partial charge on any atom is 0.283 e. The van der Waals surface area contributed by atoms with Gasteiger partial charge in [-0.25, -0.2) is 0 Å². The first-order valence-electron chi connectivity index (χ1n) is 9.24. The third-order valence-electron chi connectivity index (χ3n) is 4.62. The highest BCUT2D eigenvalue weighted by Crippen LogP contribution is 2.32. The molecule has 31 heavy (non-hydrogen) atoms. The number of nitro groups is 1. The van der Waals surface area contributed by atoms with Crippen molar-refractivity contribution in [3.05, 3.63) is 79.5 Å². The van der Waals surface area contributed by atoms with Crippen LogP contribution in [0.3, 0.4) is 0 Å². The van der Waals surface area contributed by atoms with Gasteiger partial charge in [0.25, 0.3) is 17.5 Å². The predicted molar refractivity (Wildman–Crippen MR) is 114 cm³/mol. The summed E-state index contributed by atoms with van der Waals surface area (Å²) in [6, 6.07) is 13.2. The van der Waals surface area contributed by atoms with E-state index in [4.69, 9.17) is 9.47 Å². The third kappa shape index (κ3) is 4.33. The molecule has 0 fully saturated rings. The van der Waals surface area contributed by atoms with Crippen LogP contribution in [-0.4, -0.2) is 23.5 Å². The van der Waals surface area contributed by atoms with Gasteiger partial charge in [0.1, 0.15) is 0 Å². The predicted octanol–water partition coefficient (Wildman–Crippen LogP) is 3.88. The van der Waals surface area contributed by atoms with Crippen LogP contribution in [0.25, 0.3) is 0 Å². The number of thiophene rings is 1. The minimum Gasteiger partial charge on any atom is -0.454 e. The van der Waals surface area contributed by atoms with Gasteiger partial charge in [-0.2, -0.15) is 0 Å². The maximum absolute atomic E-state index is 12.7. The average molecular weight is 439 g/mol. The highest BCUT2D eigenvalue weighted by molar-refractivity contribution is 7.14. The van der Waals surface area contributed by atoms with Crippen LogP contribution in [0, 0.1) is 17.0 Å². The summed E-state index contributed by atoms with van der Waals surface area (Å²) in [6.45, 7) is 2.01. The molecule has 4 rings (SSSR count). The van der Waals surface area contributed by atoms with Gasteiger partial charge < -0.3 is 20.1 Å². The fraction of sp³-hybridized carbons (Fsp3) is 0.143. The van der Waals surface area contributed by atoms with Gasteiger partial charge in [-0.05, 0) is 36.8 Å². The summed E-state index contributed by atoms with van der Waals surface area (Å²) in [4.78, 5) is 36.4. The van der Waals surface area contributed by atoms with Crippen molar-refractivity contribution in [1.82, 2.24) is 5.32 Å². The molecule has 0 spiro atoms. The number of anilines is 1. The normalized spacial score (nSPS) is 11.8. The molecule has 0 saturated heterocycles. The number of hydrogen-bond donors (Lipinski definition) is 2. The Morgan fingerprint density at radius 2 is 1.87 bits per heavy atom. The molecular formula is C21H17N3O6S. The summed E-state index contributed by atoms with van der Waals surface area (Å²) in [7, 11) is 0. The average Bonchev–Trinajstić information content (AvgIpc) is 3.38. The fourth-order valence-electron chi connectivity index (χ4n) is 3.07. The Morgan fingerprint density at radius 3 is 2.65 bits per heavy atom. The SMILES string of the molecule is Cc1sc(C(=O)Nc2ccccc2C(=O)NCc2ccc3c(c2)OCO3)cc1[N+](=O)[O-]. The van der Waals surface area contributed by atoms with Crippen LogP contribution in [0.1, 0.15) is 30.5 Å². The van der Waals surface area contributed by atoms with E-state index in [0.29, 0.717) is 22.1 Å². The fourth-order valence-corrected chi connectivity index (χ4v) is 3.95. The number of fused-ring (bicyclic) bond motifs is 1. The van der Waals surface area contributed by atoms with E-state index in [0.717, 1.165) is 16.9 Å². The van der Waals surface area contributed by atoms with Crippen molar-refractivity contribution in [2.45, 2.75) is 13.5 Å². The summed E-state index contributed by atoms with van der Waals surface area (Å²) in [6.07, 6.45) is 0. The first-order chi connectivity index (χ1) is 14.9. The Morgan fingerprint density at radius 1 is 1.10 bits per heavy atom. The molecule has 2 heterocycles. The number of ether oxygens (including phenoxy) is 2. The Bertz CT molecular complexity index is 1190. The van der Waals surface area contributed by atoms with E-state index in [1.807, 2.05) is 6.07 Å². The van der Waals surface area contributed by atoms with E-state index in [1.54, 1.807) is 43.3 Å². The van der Waals surface area contributed by atoms with Crippen LogP contribution in [0.4, 0.5) is 11.4 Å². The molecule has 0 radical (unpaired) electrons. The van der Waals surface area contributed by atoms with Crippen molar-refractivity contribution < 1.29 is 24.0 Å². The second kappa shape index (κ2) is 8.44. The highest BCUT2D eigenvalue weighted by atomic mass is 32.1. The number of carbonyl (C=O) groups is 2. The van der Waals surface area contributed by atoms with Crippen LogP contribution in [0.15, 0.2) is 48.5 Å². The second-order valence-corrected chi connectivity index (χ2v) is 7.94. The number of nitrogens with one attached hydrogen (secondary N) is 2. The second-order valence-electron chi connectivity index (χ2n) is 6.68. The molecular weight excluding hydrogens is 422 g/mol. The van der Waals surface area contributed by atoms with E-state index in [-0.39, 0.29) is 35.4 Å². The monoisotopic (exact) mass is 439 g/mol. The Labute approximate surface area is 180 Å². The van der Waals surface area contributed by atoms with Gasteiger partial charge in [0, 0.05) is 12.6 Å². The molecule has 2 amide bonds. The van der Waals surface area contributed by atoms with Crippen LogP contribution >= 0.6 is 11.3 Å². The number of aryl methyl sites for hydroxylation is 1. The van der Waals surface area contributed by atoms with E-state index >= 15 is 0 Å². The van der Waals surface area contributed by atoms with Crippen molar-refractivity contribution >= 4 is 34.5 Å². The Balaban J connectivity index is 1.46. The molecule has 2 aromatic carbocycles. The summed E-state index contributed by atoms with van der Waals surface area (Å²) >= 11 is 1.03. The topological polar surface area (TPSA) is 120 Å². The summed E-state index contributed by atoms with van der Waals surface area (Å²) < 4.78 is 10.6. The smallest absolute Gasteiger partial charge is 0.283 e. The van der Waals surface area contributed by atoms with E-state index in [1.165, 1.54) is 6.07 Å². The Hall–Kier alpha value is -3.92. The number of carbonyl (C=O) groups excluding carboxylic acids is 2. The van der Waals surface area contributed by atoms with Gasteiger partial charge in [-0.1, -0.05) is 18.2 Å². The van der Waals surface area contributed by atoms with Gasteiger partial charge in [0.05, 0.1) is 25.9 Å². The van der Waals surface area contributed by atoms with E-state index in [9.17, 15) is 19.7 Å². The zero-order valence-electron chi connectivity index (χ0n) is 16.3. The summed E-state index contributed by atoms with van der Waals surface area (Å²) in [5.74, 6) is 0.395. The first kappa shape index (κ1) is 20.4. The summed E-state index contributed by atoms with van der Waals surface area (Å²) in [5, 5.41) is 16.5. The van der Waals surface area contributed by atoms with Gasteiger partial charge in [-0.15, -0.1) is 11.3 Å². The van der Waals surface area contributed by atoms with Crippen LogP contribution in [0.2, 0.25) is 0 Å². The van der Waals surface area contributed by atoms with Crippen molar-refractivity contribution in [3.63, 3.8) is 0 Å². The van der Waals surface area contributed by atoms with Crippen LogP contribution in [-0.2, 0) is 6.54 Å². The minimum absolute atomic E-state index is 0.107. The zero-order valence-corrected chi connectivity index (χ0v) is 17.2. The molecule has 0 saturated carbocycles. The minimum atomic E-state index is -0.528. The molecule has 158 valence electrons. The lowest BCUT2D eigenvalue weighted by Crippen LogP contribution is -2.24. The van der Waals surface area contributed by atoms with Gasteiger partial charge in [0.15, 0.2) is 11.5 Å².